The number of unbranched alkanes of at least 4 members (excludes halogenated alkanes) is 50. The Morgan fingerprint density at radius 2 is 0.709 bits per heavy atom. The van der Waals surface area contributed by atoms with Gasteiger partial charge in [0.1, 0.15) is 24.4 Å². The van der Waals surface area contributed by atoms with Crippen LogP contribution in [-0.2, 0) is 14.3 Å². The highest BCUT2D eigenvalue weighted by atomic mass is 16.7. The lowest BCUT2D eigenvalue weighted by Gasteiger charge is -2.40. The van der Waals surface area contributed by atoms with Crippen molar-refractivity contribution in [1.29, 1.82) is 0 Å². The van der Waals surface area contributed by atoms with Crippen LogP contribution in [0.2, 0.25) is 0 Å². The number of allylic oxidation sites excluding steroid dienone is 3. The summed E-state index contributed by atoms with van der Waals surface area (Å²) in [5.41, 5.74) is 0. The van der Waals surface area contributed by atoms with Crippen LogP contribution in [0.3, 0.4) is 0 Å². The summed E-state index contributed by atoms with van der Waals surface area (Å²) in [5, 5.41) is 54.6. The highest BCUT2D eigenvalue weighted by Crippen LogP contribution is 2.23. The average molecular weight is 1120 g/mol. The van der Waals surface area contributed by atoms with Gasteiger partial charge >= 0.3 is 0 Å². The maximum Gasteiger partial charge on any atom is 0.220 e. The van der Waals surface area contributed by atoms with Gasteiger partial charge in [-0.15, -0.1) is 0 Å². The van der Waals surface area contributed by atoms with Crippen LogP contribution in [0.25, 0.3) is 0 Å². The maximum atomic E-state index is 13.1. The highest BCUT2D eigenvalue weighted by molar-refractivity contribution is 5.76. The summed E-state index contributed by atoms with van der Waals surface area (Å²) in [6.07, 6.45) is 71.7. The largest absolute Gasteiger partial charge is 0.394 e. The van der Waals surface area contributed by atoms with Gasteiger partial charge in [0.25, 0.3) is 0 Å². The molecule has 0 aliphatic carbocycles. The minimum Gasteiger partial charge on any atom is -0.394 e. The molecule has 0 aromatic heterocycles. The standard InChI is InChI=1S/C70H135NO8/c1-3-5-7-9-11-13-15-17-19-20-21-22-23-24-25-26-27-28-29-30-31-32-33-34-35-36-37-38-39-40-41-42-43-44-46-48-50-52-54-56-58-60-66(74)71-63(62-78-70-69(77)68(76)67(75)65(61-72)79-70)64(73)59-57-55-53-51-49-47-45-18-16-14-12-10-8-6-4-2/h20-21,57,59,63-65,67-70,72-73,75-77H,3-19,22-56,58,60-62H2,1-2H3,(H,71,74)/b21-20-,59-57+. The number of ether oxygens (including phenoxy) is 2. The molecule has 0 spiro atoms. The second kappa shape index (κ2) is 59.8. The quantitative estimate of drug-likeness (QED) is 0.0261. The first-order valence-corrected chi connectivity index (χ1v) is 35.1. The van der Waals surface area contributed by atoms with Crippen molar-refractivity contribution in [1.82, 2.24) is 5.32 Å². The number of nitrogens with one attached hydrogen (secondary N) is 1. The summed E-state index contributed by atoms with van der Waals surface area (Å²) in [5.74, 6) is -0.169. The van der Waals surface area contributed by atoms with E-state index in [4.69, 9.17) is 9.47 Å². The number of aliphatic hydroxyl groups excluding tert-OH is 5. The molecule has 6 N–H and O–H groups in total. The fourth-order valence-corrected chi connectivity index (χ4v) is 11.5. The summed E-state index contributed by atoms with van der Waals surface area (Å²) < 4.78 is 11.3. The summed E-state index contributed by atoms with van der Waals surface area (Å²) in [4.78, 5) is 13.1. The Kier molecular flexibility index (Phi) is 57.3. The van der Waals surface area contributed by atoms with Gasteiger partial charge in [-0.05, 0) is 44.9 Å². The Balaban J connectivity index is 2.00. The van der Waals surface area contributed by atoms with Crippen LogP contribution >= 0.6 is 0 Å². The summed E-state index contributed by atoms with van der Waals surface area (Å²) in [6, 6.07) is -0.801. The van der Waals surface area contributed by atoms with Gasteiger partial charge in [-0.25, -0.2) is 0 Å². The first kappa shape index (κ1) is 75.7. The number of aliphatic hydroxyl groups is 5. The van der Waals surface area contributed by atoms with Crippen molar-refractivity contribution >= 4 is 5.91 Å². The van der Waals surface area contributed by atoms with Crippen LogP contribution < -0.4 is 5.32 Å². The Morgan fingerprint density at radius 3 is 1.03 bits per heavy atom. The minimum atomic E-state index is -1.56. The third-order valence-electron chi connectivity index (χ3n) is 17.0. The van der Waals surface area contributed by atoms with E-state index < -0.39 is 49.5 Å². The number of hydrogen-bond acceptors (Lipinski definition) is 8. The van der Waals surface area contributed by atoms with Gasteiger partial charge in [0.05, 0.1) is 25.4 Å². The third kappa shape index (κ3) is 48.7. The molecule has 0 aromatic carbocycles. The minimum absolute atomic E-state index is 0.169. The van der Waals surface area contributed by atoms with E-state index >= 15 is 0 Å². The molecule has 0 bridgehead atoms. The molecule has 7 atom stereocenters. The fraction of sp³-hybridized carbons (Fsp3) is 0.929. The lowest BCUT2D eigenvalue weighted by Crippen LogP contribution is -2.60. The van der Waals surface area contributed by atoms with Crippen molar-refractivity contribution in [3.05, 3.63) is 24.3 Å². The van der Waals surface area contributed by atoms with Crippen molar-refractivity contribution in [3.63, 3.8) is 0 Å². The molecule has 9 heteroatoms. The summed E-state index contributed by atoms with van der Waals surface area (Å²) >= 11 is 0. The maximum absolute atomic E-state index is 13.1. The number of rotatable bonds is 62. The van der Waals surface area contributed by atoms with Gasteiger partial charge in [-0.2, -0.15) is 0 Å². The molecular formula is C70H135NO8. The molecule has 0 aromatic rings. The van der Waals surface area contributed by atoms with E-state index in [0.29, 0.717) is 6.42 Å². The van der Waals surface area contributed by atoms with E-state index in [1.54, 1.807) is 6.08 Å². The first-order chi connectivity index (χ1) is 38.8. The fourth-order valence-electron chi connectivity index (χ4n) is 11.5. The monoisotopic (exact) mass is 1120 g/mol. The molecule has 0 saturated carbocycles. The first-order valence-electron chi connectivity index (χ1n) is 35.1. The van der Waals surface area contributed by atoms with E-state index in [9.17, 15) is 30.3 Å². The zero-order chi connectivity index (χ0) is 57.2. The van der Waals surface area contributed by atoms with Gasteiger partial charge in [0, 0.05) is 6.42 Å². The molecule has 1 aliphatic rings. The molecule has 7 unspecified atom stereocenters. The number of carbonyl (C=O) groups excluding carboxylic acids is 1. The van der Waals surface area contributed by atoms with Crippen LogP contribution in [0.15, 0.2) is 24.3 Å². The van der Waals surface area contributed by atoms with Crippen LogP contribution in [0.1, 0.15) is 361 Å². The van der Waals surface area contributed by atoms with Crippen molar-refractivity contribution in [3.8, 4) is 0 Å². The smallest absolute Gasteiger partial charge is 0.220 e. The zero-order valence-electron chi connectivity index (χ0n) is 52.4. The van der Waals surface area contributed by atoms with Crippen molar-refractivity contribution in [2.45, 2.75) is 403 Å². The van der Waals surface area contributed by atoms with Gasteiger partial charge in [0.2, 0.25) is 5.91 Å². The molecule has 79 heavy (non-hydrogen) atoms. The molecule has 9 nitrogen and oxygen atoms in total. The average Bonchev–Trinajstić information content (AvgIpc) is 3.46. The van der Waals surface area contributed by atoms with Gasteiger partial charge in [-0.3, -0.25) is 4.79 Å². The van der Waals surface area contributed by atoms with E-state index in [2.05, 4.69) is 31.3 Å². The van der Waals surface area contributed by atoms with E-state index in [-0.39, 0.29) is 12.5 Å². The van der Waals surface area contributed by atoms with E-state index in [0.717, 1.165) is 38.5 Å². The van der Waals surface area contributed by atoms with Crippen molar-refractivity contribution in [2.75, 3.05) is 13.2 Å². The second-order valence-electron chi connectivity index (χ2n) is 24.7. The van der Waals surface area contributed by atoms with Gasteiger partial charge in [-0.1, -0.05) is 334 Å². The van der Waals surface area contributed by atoms with Crippen LogP contribution in [0, 0.1) is 0 Å². The summed E-state index contributed by atoms with van der Waals surface area (Å²) in [7, 11) is 0. The lowest BCUT2D eigenvalue weighted by atomic mass is 9.99. The SMILES string of the molecule is CCCCCCCCCC/C=C\CCCCCCCCCCCCCCCCCCCCCCCCCCCCCCCC(=O)NC(COC1OC(CO)C(O)C(O)C1O)C(O)/C=C/CCCCCCCCCCCCCCC. The molecular weight excluding hydrogens is 983 g/mol. The van der Waals surface area contributed by atoms with Crippen LogP contribution in [0.5, 0.6) is 0 Å². The molecule has 1 aliphatic heterocycles. The Bertz CT molecular complexity index is 1300. The Morgan fingerprint density at radius 1 is 0.418 bits per heavy atom. The van der Waals surface area contributed by atoms with E-state index in [1.165, 1.54) is 302 Å². The molecule has 1 rings (SSSR count). The number of amides is 1. The highest BCUT2D eigenvalue weighted by Gasteiger charge is 2.44. The van der Waals surface area contributed by atoms with Crippen molar-refractivity contribution in [2.24, 2.45) is 0 Å². The predicted molar refractivity (Wildman–Crippen MR) is 337 cm³/mol. The molecule has 0 radical (unpaired) electrons. The van der Waals surface area contributed by atoms with Gasteiger partial charge in [0.15, 0.2) is 6.29 Å². The molecule has 1 amide bonds. The normalized spacial score (nSPS) is 18.6. The lowest BCUT2D eigenvalue weighted by molar-refractivity contribution is -0.302. The van der Waals surface area contributed by atoms with Crippen LogP contribution in [-0.4, -0.2) is 87.5 Å². The van der Waals surface area contributed by atoms with E-state index in [1.807, 2.05) is 6.08 Å². The zero-order valence-corrected chi connectivity index (χ0v) is 52.4. The second-order valence-corrected chi connectivity index (χ2v) is 24.7. The molecule has 1 fully saturated rings. The molecule has 1 heterocycles. The molecule has 468 valence electrons. The predicted octanol–water partition coefficient (Wildman–Crippen LogP) is 18.9. The summed E-state index contributed by atoms with van der Waals surface area (Å²) in [6.45, 7) is 3.82. The van der Waals surface area contributed by atoms with Crippen LogP contribution in [0.4, 0.5) is 0 Å². The van der Waals surface area contributed by atoms with Crippen molar-refractivity contribution < 1.29 is 39.8 Å². The Hall–Kier alpha value is -1.33. The molecule has 1 saturated heterocycles. The van der Waals surface area contributed by atoms with Gasteiger partial charge < -0.3 is 40.3 Å². The number of carbonyl (C=O) groups is 1. The number of hydrogen-bond donors (Lipinski definition) is 6. The Labute approximate surface area is 489 Å². The third-order valence-corrected chi connectivity index (χ3v) is 17.0. The topological polar surface area (TPSA) is 149 Å².